The Labute approximate surface area is 191 Å². The SMILES string of the molecule is Cc1cc(C)c2c(c1)C(=O)C(=O)N2Cc1cn(CC(=O)c2cc3ccc(F)cc3oc2=O)nn1. The molecule has 0 N–H and O–H groups in total. The molecule has 10 heteroatoms. The fourth-order valence-corrected chi connectivity index (χ4v) is 4.14. The summed E-state index contributed by atoms with van der Waals surface area (Å²) >= 11 is 0. The van der Waals surface area contributed by atoms with Crippen molar-refractivity contribution in [3.63, 3.8) is 0 Å². The van der Waals surface area contributed by atoms with Crippen LogP contribution in [0, 0.1) is 19.7 Å². The molecule has 34 heavy (non-hydrogen) atoms. The average Bonchev–Trinajstić information content (AvgIpc) is 3.31. The number of fused-ring (bicyclic) bond motifs is 2. The number of aromatic nitrogens is 3. The van der Waals surface area contributed by atoms with Gasteiger partial charge in [-0.1, -0.05) is 11.3 Å². The highest BCUT2D eigenvalue weighted by molar-refractivity contribution is 6.52. The number of carbonyl (C=O) groups is 3. The summed E-state index contributed by atoms with van der Waals surface area (Å²) in [4.78, 5) is 51.2. The molecule has 0 aliphatic carbocycles. The molecule has 2 aromatic heterocycles. The van der Waals surface area contributed by atoms with Crippen molar-refractivity contribution in [1.82, 2.24) is 15.0 Å². The third-order valence-electron chi connectivity index (χ3n) is 5.61. The van der Waals surface area contributed by atoms with Crippen molar-refractivity contribution in [2.45, 2.75) is 26.9 Å². The molecule has 0 unspecified atom stereocenters. The van der Waals surface area contributed by atoms with Gasteiger partial charge >= 0.3 is 5.63 Å². The number of hydrogen-bond acceptors (Lipinski definition) is 7. The van der Waals surface area contributed by atoms with Gasteiger partial charge in [0, 0.05) is 11.5 Å². The van der Waals surface area contributed by atoms with E-state index >= 15 is 0 Å². The number of carbonyl (C=O) groups excluding carboxylic acids is 3. The van der Waals surface area contributed by atoms with Crippen LogP contribution in [0.2, 0.25) is 0 Å². The zero-order valence-electron chi connectivity index (χ0n) is 18.2. The van der Waals surface area contributed by atoms with E-state index in [0.717, 1.165) is 17.2 Å². The third kappa shape index (κ3) is 3.58. The molecule has 0 fully saturated rings. The Kier molecular flexibility index (Phi) is 4.93. The Morgan fingerprint density at radius 2 is 1.88 bits per heavy atom. The Hall–Kier alpha value is -4.47. The lowest BCUT2D eigenvalue weighted by Crippen LogP contribution is -2.29. The van der Waals surface area contributed by atoms with E-state index in [2.05, 4.69) is 10.3 Å². The molecule has 0 atom stereocenters. The fourth-order valence-electron chi connectivity index (χ4n) is 4.14. The van der Waals surface area contributed by atoms with Gasteiger partial charge in [-0.2, -0.15) is 0 Å². The van der Waals surface area contributed by atoms with Crippen LogP contribution in [0.1, 0.15) is 37.5 Å². The molecule has 170 valence electrons. The molecule has 9 nitrogen and oxygen atoms in total. The second kappa shape index (κ2) is 7.84. The fraction of sp³-hybridized carbons (Fsp3) is 0.167. The molecular formula is C24H17FN4O5. The molecule has 3 heterocycles. The Morgan fingerprint density at radius 1 is 1.09 bits per heavy atom. The maximum absolute atomic E-state index is 13.3. The van der Waals surface area contributed by atoms with Gasteiger partial charge in [-0.15, -0.1) is 5.10 Å². The van der Waals surface area contributed by atoms with Crippen LogP contribution in [0.4, 0.5) is 10.1 Å². The van der Waals surface area contributed by atoms with Crippen molar-refractivity contribution >= 4 is 34.1 Å². The molecule has 0 radical (unpaired) electrons. The highest BCUT2D eigenvalue weighted by Gasteiger charge is 2.37. The second-order valence-electron chi connectivity index (χ2n) is 8.16. The lowest BCUT2D eigenvalue weighted by molar-refractivity contribution is -0.114. The second-order valence-corrected chi connectivity index (χ2v) is 8.16. The topological polar surface area (TPSA) is 115 Å². The van der Waals surface area contributed by atoms with E-state index in [9.17, 15) is 23.6 Å². The van der Waals surface area contributed by atoms with E-state index in [1.165, 1.54) is 34.0 Å². The van der Waals surface area contributed by atoms with Crippen molar-refractivity contribution in [2.75, 3.05) is 4.90 Å². The zero-order valence-corrected chi connectivity index (χ0v) is 18.2. The van der Waals surface area contributed by atoms with Crippen LogP contribution in [0.5, 0.6) is 0 Å². The Bertz CT molecular complexity index is 1590. The standard InChI is InChI=1S/C24H17FN4O5/c1-12-5-13(2)21-18(6-12)22(31)23(32)29(21)10-16-9-28(27-26-16)11-19(30)17-7-14-3-4-15(25)8-20(14)34-24(17)33/h3-9H,10-11H2,1-2H3. The first-order valence-electron chi connectivity index (χ1n) is 10.3. The first-order chi connectivity index (χ1) is 16.2. The Balaban J connectivity index is 1.37. The van der Waals surface area contributed by atoms with E-state index in [-0.39, 0.29) is 24.2 Å². The van der Waals surface area contributed by atoms with E-state index in [4.69, 9.17) is 4.42 Å². The molecule has 0 saturated heterocycles. The summed E-state index contributed by atoms with van der Waals surface area (Å²) < 4.78 is 19.6. The average molecular weight is 460 g/mol. The van der Waals surface area contributed by atoms with Gasteiger partial charge in [-0.05, 0) is 49.2 Å². The minimum Gasteiger partial charge on any atom is -0.422 e. The molecule has 1 aliphatic heterocycles. The largest absolute Gasteiger partial charge is 0.422 e. The number of Topliss-reactive ketones (excluding diaryl/α,β-unsaturated/α-hetero) is 2. The lowest BCUT2D eigenvalue weighted by atomic mass is 10.0. The van der Waals surface area contributed by atoms with E-state index < -0.39 is 28.9 Å². The van der Waals surface area contributed by atoms with Gasteiger partial charge in [0.2, 0.25) is 0 Å². The van der Waals surface area contributed by atoms with E-state index in [0.29, 0.717) is 22.3 Å². The van der Waals surface area contributed by atoms with Gasteiger partial charge in [0.25, 0.3) is 11.7 Å². The van der Waals surface area contributed by atoms with Crippen molar-refractivity contribution in [3.05, 3.63) is 86.8 Å². The number of rotatable bonds is 5. The summed E-state index contributed by atoms with van der Waals surface area (Å²) in [6.45, 7) is 3.37. The predicted molar refractivity (Wildman–Crippen MR) is 118 cm³/mol. The van der Waals surface area contributed by atoms with Crippen molar-refractivity contribution in [2.24, 2.45) is 0 Å². The third-order valence-corrected chi connectivity index (χ3v) is 5.61. The first kappa shape index (κ1) is 21.4. The van der Waals surface area contributed by atoms with Crippen LogP contribution < -0.4 is 10.5 Å². The van der Waals surface area contributed by atoms with Crippen LogP contribution in [0.3, 0.4) is 0 Å². The van der Waals surface area contributed by atoms with Crippen LogP contribution >= 0.6 is 0 Å². The maximum atomic E-state index is 13.3. The normalized spacial score (nSPS) is 13.1. The van der Waals surface area contributed by atoms with Crippen molar-refractivity contribution in [3.8, 4) is 0 Å². The number of hydrogen-bond donors (Lipinski definition) is 0. The van der Waals surface area contributed by atoms with Crippen LogP contribution in [0.15, 0.2) is 51.8 Å². The summed E-state index contributed by atoms with van der Waals surface area (Å²) in [5.41, 5.74) is 1.89. The maximum Gasteiger partial charge on any atom is 0.347 e. The van der Waals surface area contributed by atoms with Gasteiger partial charge in [-0.3, -0.25) is 19.3 Å². The quantitative estimate of drug-likeness (QED) is 0.255. The van der Waals surface area contributed by atoms with Gasteiger partial charge in [0.05, 0.1) is 24.0 Å². The smallest absolute Gasteiger partial charge is 0.347 e. The van der Waals surface area contributed by atoms with Gasteiger partial charge < -0.3 is 4.42 Å². The van der Waals surface area contributed by atoms with Crippen LogP contribution in [-0.2, 0) is 17.9 Å². The summed E-state index contributed by atoms with van der Waals surface area (Å²) in [7, 11) is 0. The van der Waals surface area contributed by atoms with Gasteiger partial charge in [0.15, 0.2) is 5.78 Å². The molecule has 4 aromatic rings. The molecule has 0 saturated carbocycles. The molecule has 0 bridgehead atoms. The highest BCUT2D eigenvalue weighted by Crippen LogP contribution is 2.34. The number of halogens is 1. The van der Waals surface area contributed by atoms with E-state index in [1.807, 2.05) is 19.9 Å². The zero-order chi connectivity index (χ0) is 24.1. The minimum atomic E-state index is -0.882. The number of aryl methyl sites for hydroxylation is 2. The monoisotopic (exact) mass is 460 g/mol. The molecular weight excluding hydrogens is 443 g/mol. The van der Waals surface area contributed by atoms with Gasteiger partial charge in [0.1, 0.15) is 29.2 Å². The minimum absolute atomic E-state index is 0.000652. The first-order valence-corrected chi connectivity index (χ1v) is 10.3. The summed E-state index contributed by atoms with van der Waals surface area (Å²) in [6.07, 6.45) is 1.47. The summed E-state index contributed by atoms with van der Waals surface area (Å²) in [5.74, 6) is -2.36. The number of benzene rings is 2. The molecule has 1 aliphatic rings. The molecule has 5 rings (SSSR count). The van der Waals surface area contributed by atoms with Crippen LogP contribution in [-0.4, -0.2) is 32.5 Å². The Morgan fingerprint density at radius 3 is 2.68 bits per heavy atom. The summed E-state index contributed by atoms with van der Waals surface area (Å²) in [6, 6.07) is 8.59. The number of ketones is 2. The molecule has 1 amide bonds. The predicted octanol–water partition coefficient (Wildman–Crippen LogP) is 2.75. The lowest BCUT2D eigenvalue weighted by Gasteiger charge is -2.17. The van der Waals surface area contributed by atoms with Crippen molar-refractivity contribution < 1.29 is 23.2 Å². The number of nitrogens with zero attached hydrogens (tertiary/aromatic N) is 4. The summed E-state index contributed by atoms with van der Waals surface area (Å²) in [5, 5.41) is 8.31. The van der Waals surface area contributed by atoms with Crippen molar-refractivity contribution in [1.29, 1.82) is 0 Å². The number of amides is 1. The van der Waals surface area contributed by atoms with Gasteiger partial charge in [-0.25, -0.2) is 13.9 Å². The van der Waals surface area contributed by atoms with Crippen LogP contribution in [0.25, 0.3) is 11.0 Å². The molecule has 2 aromatic carbocycles. The number of anilines is 1. The highest BCUT2D eigenvalue weighted by atomic mass is 19.1. The molecule has 0 spiro atoms. The van der Waals surface area contributed by atoms with E-state index in [1.54, 1.807) is 6.07 Å².